The van der Waals surface area contributed by atoms with Gasteiger partial charge in [0.15, 0.2) is 0 Å². The van der Waals surface area contributed by atoms with E-state index in [4.69, 9.17) is 0 Å². The maximum Gasteiger partial charge on any atom is 0.417 e. The van der Waals surface area contributed by atoms with Gasteiger partial charge in [-0.1, -0.05) is 6.42 Å². The van der Waals surface area contributed by atoms with E-state index in [9.17, 15) is 18.4 Å². The zero-order chi connectivity index (χ0) is 20.2. The van der Waals surface area contributed by atoms with E-state index in [0.717, 1.165) is 24.6 Å². The molecule has 148 valence electrons. The van der Waals surface area contributed by atoms with Crippen molar-refractivity contribution in [3.05, 3.63) is 35.8 Å². The Kier molecular flexibility index (Phi) is 3.98. The van der Waals surface area contributed by atoms with E-state index in [2.05, 4.69) is 25.3 Å². The molecule has 3 heterocycles. The van der Waals surface area contributed by atoms with Crippen LogP contribution in [0.3, 0.4) is 0 Å². The fourth-order valence-electron chi connectivity index (χ4n) is 4.68. The Balaban J connectivity index is 1.55. The molecule has 0 amide bonds. The van der Waals surface area contributed by atoms with E-state index < -0.39 is 11.7 Å². The number of pyridine rings is 1. The van der Waals surface area contributed by atoms with Gasteiger partial charge in [-0.05, 0) is 37.2 Å². The second kappa shape index (κ2) is 6.44. The van der Waals surface area contributed by atoms with Gasteiger partial charge >= 0.3 is 6.18 Å². The van der Waals surface area contributed by atoms with Gasteiger partial charge in [0.1, 0.15) is 11.7 Å². The van der Waals surface area contributed by atoms with Gasteiger partial charge in [-0.15, -0.1) is 0 Å². The van der Waals surface area contributed by atoms with Gasteiger partial charge in [-0.25, -0.2) is 15.0 Å². The van der Waals surface area contributed by atoms with Crippen molar-refractivity contribution >= 4 is 17.0 Å². The lowest BCUT2D eigenvalue weighted by Gasteiger charge is -2.23. The largest absolute Gasteiger partial charge is 0.417 e. The van der Waals surface area contributed by atoms with Crippen molar-refractivity contribution in [2.75, 3.05) is 5.32 Å². The summed E-state index contributed by atoms with van der Waals surface area (Å²) in [4.78, 5) is 15.5. The topological polar surface area (TPSA) is 90.3 Å². The quantitative estimate of drug-likeness (QED) is 0.677. The number of hydrogen-bond acceptors (Lipinski definition) is 5. The van der Waals surface area contributed by atoms with Crippen LogP contribution >= 0.6 is 0 Å². The second-order valence-corrected chi connectivity index (χ2v) is 7.81. The lowest BCUT2D eigenvalue weighted by atomic mass is 9.95. The van der Waals surface area contributed by atoms with Crippen molar-refractivity contribution in [1.82, 2.24) is 19.9 Å². The SMILES string of the molecule is N#Cc1cnc(N[C@@H]2CC3CC[C@@H]2C3)nc1-c1c[nH]c2ncc(C(F)(F)F)cc12. The molecule has 2 N–H and O–H groups in total. The summed E-state index contributed by atoms with van der Waals surface area (Å²) >= 11 is 0. The van der Waals surface area contributed by atoms with Crippen molar-refractivity contribution in [2.45, 2.75) is 37.9 Å². The summed E-state index contributed by atoms with van der Waals surface area (Å²) in [6, 6.07) is 3.36. The van der Waals surface area contributed by atoms with E-state index in [1.165, 1.54) is 31.7 Å². The van der Waals surface area contributed by atoms with Crippen LogP contribution in [0.2, 0.25) is 0 Å². The van der Waals surface area contributed by atoms with Gasteiger partial charge in [-0.3, -0.25) is 0 Å². The van der Waals surface area contributed by atoms with E-state index >= 15 is 0 Å². The van der Waals surface area contributed by atoms with Crippen LogP contribution in [0.4, 0.5) is 19.1 Å². The number of rotatable bonds is 3. The minimum atomic E-state index is -4.51. The highest BCUT2D eigenvalue weighted by atomic mass is 19.4. The summed E-state index contributed by atoms with van der Waals surface area (Å²) in [6.07, 6.45) is 3.99. The molecule has 2 saturated carbocycles. The van der Waals surface area contributed by atoms with Crippen molar-refractivity contribution in [3.8, 4) is 17.3 Å². The highest BCUT2D eigenvalue weighted by Crippen LogP contribution is 2.45. The van der Waals surface area contributed by atoms with Gasteiger partial charge in [0.05, 0.1) is 23.0 Å². The zero-order valence-electron chi connectivity index (χ0n) is 15.3. The van der Waals surface area contributed by atoms with Crippen LogP contribution in [0.15, 0.2) is 24.7 Å². The number of aromatic amines is 1. The summed E-state index contributed by atoms with van der Waals surface area (Å²) in [6.45, 7) is 0. The molecular weight excluding hydrogens is 381 g/mol. The molecule has 3 atom stereocenters. The maximum absolute atomic E-state index is 13.1. The number of anilines is 1. The molecule has 29 heavy (non-hydrogen) atoms. The van der Waals surface area contributed by atoms with Crippen LogP contribution in [0.5, 0.6) is 0 Å². The number of hydrogen-bond donors (Lipinski definition) is 2. The third-order valence-corrected chi connectivity index (χ3v) is 6.08. The Bertz CT molecular complexity index is 1130. The molecule has 2 bridgehead atoms. The van der Waals surface area contributed by atoms with E-state index in [0.29, 0.717) is 34.8 Å². The van der Waals surface area contributed by atoms with Gasteiger partial charge in [-0.2, -0.15) is 18.4 Å². The van der Waals surface area contributed by atoms with E-state index in [1.54, 1.807) is 0 Å². The lowest BCUT2D eigenvalue weighted by molar-refractivity contribution is -0.137. The van der Waals surface area contributed by atoms with Crippen LogP contribution in [0.1, 0.15) is 36.8 Å². The first-order chi connectivity index (χ1) is 13.9. The molecule has 2 fully saturated rings. The fraction of sp³-hybridized carbons (Fsp3) is 0.400. The molecule has 0 aromatic carbocycles. The molecule has 9 heteroatoms. The number of nitriles is 1. The molecule has 3 aromatic heterocycles. The van der Waals surface area contributed by atoms with Gasteiger partial charge < -0.3 is 10.3 Å². The van der Waals surface area contributed by atoms with Gasteiger partial charge in [0, 0.05) is 29.4 Å². The Hall–Kier alpha value is -3.15. The number of H-pyrrole nitrogens is 1. The number of aromatic nitrogens is 4. The number of alkyl halides is 3. The standard InChI is InChI=1S/C20H17F3N6/c21-20(22,23)13-5-14-15(9-26-18(14)25-8-13)17-12(6-24)7-27-19(29-17)28-16-4-10-1-2-11(16)3-10/h5,7-11,16H,1-4H2,(H,25,26)(H,27,28,29)/t10?,11-,16-/m1/s1. The summed E-state index contributed by atoms with van der Waals surface area (Å²) in [7, 11) is 0. The van der Waals surface area contributed by atoms with E-state index in [-0.39, 0.29) is 10.9 Å². The van der Waals surface area contributed by atoms with Crippen molar-refractivity contribution < 1.29 is 13.2 Å². The molecule has 2 aliphatic rings. The normalized spacial score (nSPS) is 23.4. The first-order valence-electron chi connectivity index (χ1n) is 9.50. The van der Waals surface area contributed by atoms with Gasteiger partial charge in [0.25, 0.3) is 0 Å². The molecule has 5 rings (SSSR count). The molecule has 0 spiro atoms. The van der Waals surface area contributed by atoms with Gasteiger partial charge in [0.2, 0.25) is 5.95 Å². The van der Waals surface area contributed by atoms with E-state index in [1.807, 2.05) is 6.07 Å². The summed E-state index contributed by atoms with van der Waals surface area (Å²) < 4.78 is 39.4. The molecular formula is C20H17F3N6. The molecule has 3 aromatic rings. The number of nitrogens with zero attached hydrogens (tertiary/aromatic N) is 4. The summed E-state index contributed by atoms with van der Waals surface area (Å²) in [5, 5.41) is 13.1. The predicted molar refractivity (Wildman–Crippen MR) is 99.7 cm³/mol. The third kappa shape index (κ3) is 3.09. The van der Waals surface area contributed by atoms with Crippen molar-refractivity contribution in [3.63, 3.8) is 0 Å². The lowest BCUT2D eigenvalue weighted by Crippen LogP contribution is -2.27. The third-order valence-electron chi connectivity index (χ3n) is 6.08. The van der Waals surface area contributed by atoms with Crippen molar-refractivity contribution in [1.29, 1.82) is 5.26 Å². The molecule has 0 aliphatic heterocycles. The molecule has 0 saturated heterocycles. The Morgan fingerprint density at radius 3 is 2.72 bits per heavy atom. The maximum atomic E-state index is 13.1. The minimum Gasteiger partial charge on any atom is -0.351 e. The monoisotopic (exact) mass is 398 g/mol. The number of fused-ring (bicyclic) bond motifs is 3. The molecule has 0 radical (unpaired) electrons. The minimum absolute atomic E-state index is 0.196. The average molecular weight is 398 g/mol. The highest BCUT2D eigenvalue weighted by Gasteiger charge is 2.39. The zero-order valence-corrected chi connectivity index (χ0v) is 15.3. The Labute approximate surface area is 164 Å². The van der Waals surface area contributed by atoms with Crippen LogP contribution < -0.4 is 5.32 Å². The first-order valence-corrected chi connectivity index (χ1v) is 9.50. The smallest absolute Gasteiger partial charge is 0.351 e. The molecule has 6 nitrogen and oxygen atoms in total. The fourth-order valence-corrected chi connectivity index (χ4v) is 4.68. The summed E-state index contributed by atoms with van der Waals surface area (Å²) in [5.74, 6) is 1.75. The average Bonchev–Trinajstić information content (AvgIpc) is 3.42. The Morgan fingerprint density at radius 1 is 1.17 bits per heavy atom. The van der Waals surface area contributed by atoms with Crippen LogP contribution in [-0.4, -0.2) is 26.0 Å². The van der Waals surface area contributed by atoms with Crippen LogP contribution in [0, 0.1) is 23.2 Å². The second-order valence-electron chi connectivity index (χ2n) is 7.81. The highest BCUT2D eigenvalue weighted by molar-refractivity contribution is 5.94. The number of nitrogens with one attached hydrogen (secondary N) is 2. The van der Waals surface area contributed by atoms with Crippen LogP contribution in [-0.2, 0) is 6.18 Å². The summed E-state index contributed by atoms with van der Waals surface area (Å²) in [5.41, 5.74) is 0.340. The Morgan fingerprint density at radius 2 is 2.03 bits per heavy atom. The van der Waals surface area contributed by atoms with Crippen LogP contribution in [0.25, 0.3) is 22.3 Å². The molecule has 1 unspecified atom stereocenters. The predicted octanol–water partition coefficient (Wildman–Crippen LogP) is 4.51. The van der Waals surface area contributed by atoms with Crippen molar-refractivity contribution in [2.24, 2.45) is 11.8 Å². The first kappa shape index (κ1) is 17.9. The molecule has 2 aliphatic carbocycles. The number of halogens is 3.